The predicted molar refractivity (Wildman–Crippen MR) is 97.6 cm³/mol. The second kappa shape index (κ2) is 8.36. The molecule has 1 saturated heterocycles. The van der Waals surface area contributed by atoms with E-state index in [4.69, 9.17) is 0 Å². The normalized spacial score (nSPS) is 17.0. The number of hydrogen-bond donors (Lipinski definition) is 0. The van der Waals surface area contributed by atoms with Crippen LogP contribution < -0.4 is 0 Å². The lowest BCUT2D eigenvalue weighted by Crippen LogP contribution is -2.44. The summed E-state index contributed by atoms with van der Waals surface area (Å²) in [6, 6.07) is 6.98. The van der Waals surface area contributed by atoms with Crippen LogP contribution in [-0.4, -0.2) is 56.0 Å². The third-order valence-electron chi connectivity index (χ3n) is 4.58. The highest BCUT2D eigenvalue weighted by Crippen LogP contribution is 2.26. The number of benzene rings is 1. The highest BCUT2D eigenvalue weighted by molar-refractivity contribution is 7.98. The molecule has 0 unspecified atom stereocenters. The Labute approximate surface area is 149 Å². The number of carbonyl (C=O) groups excluding carboxylic acids is 1. The van der Waals surface area contributed by atoms with Gasteiger partial charge in [0.15, 0.2) is 0 Å². The Morgan fingerprint density at radius 1 is 1.17 bits per heavy atom. The average molecular weight is 371 g/mol. The Bertz CT molecular complexity index is 647. The van der Waals surface area contributed by atoms with E-state index in [1.165, 1.54) is 4.31 Å². The molecule has 0 bridgehead atoms. The van der Waals surface area contributed by atoms with E-state index in [9.17, 15) is 13.2 Å². The molecule has 1 fully saturated rings. The van der Waals surface area contributed by atoms with Crippen molar-refractivity contribution < 1.29 is 13.2 Å². The molecule has 0 aromatic heterocycles. The van der Waals surface area contributed by atoms with E-state index >= 15 is 0 Å². The zero-order valence-corrected chi connectivity index (χ0v) is 16.2. The smallest absolute Gasteiger partial charge is 0.243 e. The van der Waals surface area contributed by atoms with Gasteiger partial charge in [0.1, 0.15) is 0 Å². The highest BCUT2D eigenvalue weighted by atomic mass is 32.2. The molecule has 5 nitrogen and oxygen atoms in total. The Morgan fingerprint density at radius 2 is 1.71 bits per heavy atom. The fourth-order valence-corrected chi connectivity index (χ4v) is 4.91. The minimum atomic E-state index is -3.47. The van der Waals surface area contributed by atoms with Gasteiger partial charge in [-0.1, -0.05) is 0 Å². The van der Waals surface area contributed by atoms with Crippen molar-refractivity contribution in [3.8, 4) is 0 Å². The first-order valence-electron chi connectivity index (χ1n) is 8.37. The first-order valence-corrected chi connectivity index (χ1v) is 11.0. The maximum absolute atomic E-state index is 12.7. The third kappa shape index (κ3) is 4.13. The first-order chi connectivity index (χ1) is 11.4. The summed E-state index contributed by atoms with van der Waals surface area (Å²) in [4.78, 5) is 15.6. The van der Waals surface area contributed by atoms with Crippen molar-refractivity contribution in [3.63, 3.8) is 0 Å². The topological polar surface area (TPSA) is 57.7 Å². The van der Waals surface area contributed by atoms with Gasteiger partial charge in [0.25, 0.3) is 0 Å². The lowest BCUT2D eigenvalue weighted by molar-refractivity contribution is -0.136. The molecule has 0 spiro atoms. The molecule has 134 valence electrons. The maximum Gasteiger partial charge on any atom is 0.243 e. The molecule has 0 N–H and O–H groups in total. The molecule has 1 heterocycles. The van der Waals surface area contributed by atoms with Gasteiger partial charge < -0.3 is 4.90 Å². The van der Waals surface area contributed by atoms with Crippen molar-refractivity contribution in [1.82, 2.24) is 9.21 Å². The Hall–Kier alpha value is -1.05. The van der Waals surface area contributed by atoms with Gasteiger partial charge in [-0.25, -0.2) is 8.42 Å². The number of carbonyl (C=O) groups is 1. The van der Waals surface area contributed by atoms with Gasteiger partial charge in [-0.2, -0.15) is 4.31 Å². The summed E-state index contributed by atoms with van der Waals surface area (Å²) < 4.78 is 27.0. The van der Waals surface area contributed by atoms with Crippen LogP contribution in [0.1, 0.15) is 26.7 Å². The average Bonchev–Trinajstić information content (AvgIpc) is 2.62. The van der Waals surface area contributed by atoms with Gasteiger partial charge in [-0.05, 0) is 57.2 Å². The summed E-state index contributed by atoms with van der Waals surface area (Å²) in [5.74, 6) is 0.0941. The summed E-state index contributed by atoms with van der Waals surface area (Å²) in [5, 5.41) is 0. The lowest BCUT2D eigenvalue weighted by Gasteiger charge is -2.33. The van der Waals surface area contributed by atoms with Crippen LogP contribution in [0.25, 0.3) is 0 Å². The van der Waals surface area contributed by atoms with Crippen LogP contribution in [-0.2, 0) is 14.8 Å². The predicted octanol–water partition coefficient (Wildman–Crippen LogP) is 2.68. The zero-order valence-electron chi connectivity index (χ0n) is 14.6. The molecule has 0 radical (unpaired) electrons. The largest absolute Gasteiger partial charge is 0.343 e. The molecule has 24 heavy (non-hydrogen) atoms. The Morgan fingerprint density at radius 3 is 2.17 bits per heavy atom. The van der Waals surface area contributed by atoms with Crippen molar-refractivity contribution in [2.24, 2.45) is 5.92 Å². The molecule has 1 aliphatic rings. The van der Waals surface area contributed by atoms with Gasteiger partial charge in [0.2, 0.25) is 15.9 Å². The number of thioether (sulfide) groups is 1. The first kappa shape index (κ1) is 19.3. The molecule has 0 atom stereocenters. The number of amides is 1. The minimum Gasteiger partial charge on any atom is -0.343 e. The highest BCUT2D eigenvalue weighted by Gasteiger charge is 2.33. The number of sulfonamides is 1. The summed E-state index contributed by atoms with van der Waals surface area (Å²) in [7, 11) is -3.47. The van der Waals surface area contributed by atoms with Crippen LogP contribution in [0.2, 0.25) is 0 Å². The maximum atomic E-state index is 12.7. The van der Waals surface area contributed by atoms with E-state index in [0.29, 0.717) is 43.9 Å². The molecule has 1 amide bonds. The van der Waals surface area contributed by atoms with Crippen LogP contribution >= 0.6 is 11.8 Å². The molecule has 7 heteroatoms. The second-order valence-electron chi connectivity index (χ2n) is 5.86. The quantitative estimate of drug-likeness (QED) is 0.723. The van der Waals surface area contributed by atoms with E-state index in [1.54, 1.807) is 23.9 Å². The molecule has 1 aromatic carbocycles. The third-order valence-corrected chi connectivity index (χ3v) is 7.23. The van der Waals surface area contributed by atoms with E-state index in [2.05, 4.69) is 0 Å². The monoisotopic (exact) mass is 370 g/mol. The molecular weight excluding hydrogens is 344 g/mol. The van der Waals surface area contributed by atoms with Gasteiger partial charge in [0, 0.05) is 37.0 Å². The van der Waals surface area contributed by atoms with Gasteiger partial charge in [-0.3, -0.25) is 4.79 Å². The molecule has 1 aromatic rings. The summed E-state index contributed by atoms with van der Waals surface area (Å²) in [5.41, 5.74) is 0. The van der Waals surface area contributed by atoms with Crippen LogP contribution in [0.15, 0.2) is 34.1 Å². The minimum absolute atomic E-state index is 0.0600. The van der Waals surface area contributed by atoms with Crippen molar-refractivity contribution in [1.29, 1.82) is 0 Å². The van der Waals surface area contributed by atoms with E-state index in [-0.39, 0.29) is 11.8 Å². The molecule has 2 rings (SSSR count). The lowest BCUT2D eigenvalue weighted by atomic mass is 9.96. The molecule has 1 aliphatic heterocycles. The molecule has 0 saturated carbocycles. The van der Waals surface area contributed by atoms with Gasteiger partial charge in [0.05, 0.1) is 4.90 Å². The van der Waals surface area contributed by atoms with E-state index in [1.807, 2.05) is 37.1 Å². The Kier molecular flexibility index (Phi) is 6.71. The van der Waals surface area contributed by atoms with Crippen LogP contribution in [0.3, 0.4) is 0 Å². The number of hydrogen-bond acceptors (Lipinski definition) is 4. The van der Waals surface area contributed by atoms with Crippen molar-refractivity contribution in [3.05, 3.63) is 24.3 Å². The summed E-state index contributed by atoms with van der Waals surface area (Å²) in [6.45, 7) is 6.17. The number of piperidine rings is 1. The van der Waals surface area contributed by atoms with Crippen molar-refractivity contribution >= 4 is 27.7 Å². The van der Waals surface area contributed by atoms with Gasteiger partial charge >= 0.3 is 0 Å². The van der Waals surface area contributed by atoms with E-state index in [0.717, 1.165) is 4.90 Å². The number of rotatable bonds is 6. The van der Waals surface area contributed by atoms with Crippen LogP contribution in [0.4, 0.5) is 0 Å². The van der Waals surface area contributed by atoms with Gasteiger partial charge in [-0.15, -0.1) is 11.8 Å². The van der Waals surface area contributed by atoms with Crippen LogP contribution in [0, 0.1) is 5.92 Å². The summed E-state index contributed by atoms with van der Waals surface area (Å²) >= 11 is 1.58. The number of nitrogens with zero attached hydrogens (tertiary/aromatic N) is 2. The molecular formula is C17H26N2O3S2. The van der Waals surface area contributed by atoms with Crippen LogP contribution in [0.5, 0.6) is 0 Å². The van der Waals surface area contributed by atoms with Crippen molar-refractivity contribution in [2.75, 3.05) is 32.4 Å². The SMILES string of the molecule is CCN(CC)C(=O)C1CCN(S(=O)(=O)c2ccc(SC)cc2)CC1. The molecule has 0 aliphatic carbocycles. The zero-order chi connectivity index (χ0) is 17.7. The fourth-order valence-electron chi connectivity index (χ4n) is 3.03. The van der Waals surface area contributed by atoms with Crippen molar-refractivity contribution in [2.45, 2.75) is 36.5 Å². The summed E-state index contributed by atoms with van der Waals surface area (Å²) in [6.07, 6.45) is 3.15. The van der Waals surface area contributed by atoms with E-state index < -0.39 is 10.0 Å². The fraction of sp³-hybridized carbons (Fsp3) is 0.588. The standard InChI is InChI=1S/C17H26N2O3S2/c1-4-18(5-2)17(20)14-10-12-19(13-11-14)24(21,22)16-8-6-15(23-3)7-9-16/h6-9,14H,4-5,10-13H2,1-3H3. The Balaban J connectivity index is 2.03. The second-order valence-corrected chi connectivity index (χ2v) is 8.68.